The normalized spacial score (nSPS) is 12.3. The van der Waals surface area contributed by atoms with Crippen LogP contribution in [0.2, 0.25) is 0 Å². The van der Waals surface area contributed by atoms with Crippen LogP contribution in [0.1, 0.15) is 17.2 Å². The second-order valence-electron chi connectivity index (χ2n) is 4.35. The molecular formula is C14H18N4S. The minimum absolute atomic E-state index is 0.0139. The van der Waals surface area contributed by atoms with E-state index in [2.05, 4.69) is 41.6 Å². The summed E-state index contributed by atoms with van der Waals surface area (Å²) in [7, 11) is 0. The molecule has 0 fully saturated rings. The van der Waals surface area contributed by atoms with E-state index >= 15 is 0 Å². The Balaban J connectivity index is 2.04. The van der Waals surface area contributed by atoms with Gasteiger partial charge < -0.3 is 5.73 Å². The van der Waals surface area contributed by atoms with Crippen molar-refractivity contribution in [2.45, 2.75) is 17.9 Å². The minimum Gasteiger partial charge on any atom is -0.398 e. The fraction of sp³-hybridized carbons (Fsp3) is 0.214. The molecular weight excluding hydrogens is 256 g/mol. The largest absolute Gasteiger partial charge is 0.398 e. The Hall–Kier alpha value is -1.56. The summed E-state index contributed by atoms with van der Waals surface area (Å²) in [6.45, 7) is 2.08. The van der Waals surface area contributed by atoms with Crippen molar-refractivity contribution in [2.75, 3.05) is 11.5 Å². The second-order valence-corrected chi connectivity index (χ2v) is 5.44. The molecule has 4 nitrogen and oxygen atoms in total. The van der Waals surface area contributed by atoms with Gasteiger partial charge in [0.15, 0.2) is 0 Å². The molecule has 2 aromatic rings. The maximum Gasteiger partial charge on any atom is 0.0589 e. The Morgan fingerprint density at radius 2 is 2.00 bits per heavy atom. The van der Waals surface area contributed by atoms with Crippen molar-refractivity contribution < 1.29 is 0 Å². The molecule has 1 aromatic heterocycles. The first-order valence-electron chi connectivity index (χ1n) is 6.05. The van der Waals surface area contributed by atoms with E-state index in [1.807, 2.05) is 0 Å². The van der Waals surface area contributed by atoms with Crippen LogP contribution in [0.4, 0.5) is 5.69 Å². The molecule has 0 saturated carbocycles. The van der Waals surface area contributed by atoms with Crippen molar-refractivity contribution >= 4 is 17.4 Å². The van der Waals surface area contributed by atoms with Gasteiger partial charge in [-0.25, -0.2) is 0 Å². The van der Waals surface area contributed by atoms with Crippen molar-refractivity contribution in [1.29, 1.82) is 0 Å². The molecule has 0 aliphatic heterocycles. The van der Waals surface area contributed by atoms with Gasteiger partial charge in [-0.2, -0.15) is 0 Å². The molecule has 0 aliphatic rings. The van der Waals surface area contributed by atoms with Gasteiger partial charge in [0, 0.05) is 34.3 Å². The summed E-state index contributed by atoms with van der Waals surface area (Å²) in [5.74, 6) is 6.42. The lowest BCUT2D eigenvalue weighted by Gasteiger charge is -2.17. The topological polar surface area (TPSA) is 77.0 Å². The fourth-order valence-electron chi connectivity index (χ4n) is 1.75. The second kappa shape index (κ2) is 6.56. The molecule has 5 N–H and O–H groups in total. The monoisotopic (exact) mass is 274 g/mol. The van der Waals surface area contributed by atoms with E-state index in [9.17, 15) is 0 Å². The first-order chi connectivity index (χ1) is 9.20. The standard InChI is InChI=1S/C14H18N4S/c1-10-2-4-11(5-3-10)19-9-14(18-16)12-8-17-7-6-13(12)15/h2-8,14,18H,9,16H2,1H3,(H2,15,17). The van der Waals surface area contributed by atoms with Crippen LogP contribution in [0.3, 0.4) is 0 Å². The SMILES string of the molecule is Cc1ccc(SCC(NN)c2cnccc2N)cc1. The number of hydrazine groups is 1. The van der Waals surface area contributed by atoms with Crippen molar-refractivity contribution in [3.8, 4) is 0 Å². The molecule has 1 heterocycles. The average molecular weight is 274 g/mol. The molecule has 2 rings (SSSR count). The highest BCUT2D eigenvalue weighted by Gasteiger charge is 2.13. The molecule has 0 radical (unpaired) electrons. The van der Waals surface area contributed by atoms with Gasteiger partial charge in [0.25, 0.3) is 0 Å². The first kappa shape index (κ1) is 13.9. The van der Waals surface area contributed by atoms with Gasteiger partial charge in [0.2, 0.25) is 0 Å². The highest BCUT2D eigenvalue weighted by molar-refractivity contribution is 7.99. The highest BCUT2D eigenvalue weighted by Crippen LogP contribution is 2.26. The van der Waals surface area contributed by atoms with Gasteiger partial charge in [-0.05, 0) is 25.1 Å². The van der Waals surface area contributed by atoms with Crippen molar-refractivity contribution in [3.05, 3.63) is 53.9 Å². The van der Waals surface area contributed by atoms with E-state index < -0.39 is 0 Å². The summed E-state index contributed by atoms with van der Waals surface area (Å²) in [5, 5.41) is 0. The number of aromatic nitrogens is 1. The number of rotatable bonds is 5. The molecule has 0 spiro atoms. The highest BCUT2D eigenvalue weighted by atomic mass is 32.2. The number of aryl methyl sites for hydroxylation is 1. The molecule has 0 aliphatic carbocycles. The Kier molecular flexibility index (Phi) is 4.79. The van der Waals surface area contributed by atoms with E-state index in [0.717, 1.165) is 11.3 Å². The maximum atomic E-state index is 5.94. The number of anilines is 1. The van der Waals surface area contributed by atoms with Crippen molar-refractivity contribution in [3.63, 3.8) is 0 Å². The number of nitrogen functional groups attached to an aromatic ring is 1. The van der Waals surface area contributed by atoms with Gasteiger partial charge >= 0.3 is 0 Å². The van der Waals surface area contributed by atoms with Crippen molar-refractivity contribution in [2.24, 2.45) is 5.84 Å². The quantitative estimate of drug-likeness (QED) is 0.443. The third-order valence-corrected chi connectivity index (χ3v) is 4.01. The lowest BCUT2D eigenvalue weighted by molar-refractivity contribution is 0.610. The predicted octanol–water partition coefficient (Wildman–Crippen LogP) is 2.27. The molecule has 19 heavy (non-hydrogen) atoms. The Labute approximate surface area is 117 Å². The van der Waals surface area contributed by atoms with E-state index in [-0.39, 0.29) is 6.04 Å². The van der Waals surface area contributed by atoms with Crippen LogP contribution in [-0.4, -0.2) is 10.7 Å². The van der Waals surface area contributed by atoms with Gasteiger partial charge in [-0.15, -0.1) is 11.8 Å². The molecule has 0 saturated heterocycles. The molecule has 100 valence electrons. The number of hydrogen-bond donors (Lipinski definition) is 3. The summed E-state index contributed by atoms with van der Waals surface area (Å²) in [4.78, 5) is 5.31. The van der Waals surface area contributed by atoms with Crippen molar-refractivity contribution in [1.82, 2.24) is 10.4 Å². The summed E-state index contributed by atoms with van der Waals surface area (Å²) < 4.78 is 0. The minimum atomic E-state index is -0.0139. The average Bonchev–Trinajstić information content (AvgIpc) is 2.43. The molecule has 1 unspecified atom stereocenters. The summed E-state index contributed by atoms with van der Waals surface area (Å²) >= 11 is 1.74. The zero-order chi connectivity index (χ0) is 13.7. The molecule has 1 atom stereocenters. The Morgan fingerprint density at radius 1 is 1.26 bits per heavy atom. The zero-order valence-electron chi connectivity index (χ0n) is 10.8. The van der Waals surface area contributed by atoms with Gasteiger partial charge in [0.1, 0.15) is 0 Å². The summed E-state index contributed by atoms with van der Waals surface area (Å²) in [6, 6.07) is 10.2. The number of benzene rings is 1. The van der Waals surface area contributed by atoms with Gasteiger partial charge in [-0.1, -0.05) is 17.7 Å². The number of nitrogens with zero attached hydrogens (tertiary/aromatic N) is 1. The Bertz CT molecular complexity index is 527. The number of nitrogens with one attached hydrogen (secondary N) is 1. The number of nitrogens with two attached hydrogens (primary N) is 2. The fourth-order valence-corrected chi connectivity index (χ4v) is 2.71. The van der Waals surface area contributed by atoms with E-state index in [4.69, 9.17) is 11.6 Å². The summed E-state index contributed by atoms with van der Waals surface area (Å²) in [6.07, 6.45) is 3.44. The van der Waals surface area contributed by atoms with E-state index in [0.29, 0.717) is 5.69 Å². The van der Waals surface area contributed by atoms with Crippen LogP contribution >= 0.6 is 11.8 Å². The Morgan fingerprint density at radius 3 is 2.63 bits per heavy atom. The van der Waals surface area contributed by atoms with Crippen LogP contribution < -0.4 is 17.0 Å². The predicted molar refractivity (Wildman–Crippen MR) is 80.6 cm³/mol. The molecule has 0 amide bonds. The number of pyridine rings is 1. The van der Waals surface area contributed by atoms with Crippen LogP contribution in [0.25, 0.3) is 0 Å². The zero-order valence-corrected chi connectivity index (χ0v) is 11.7. The first-order valence-corrected chi connectivity index (χ1v) is 7.04. The van der Waals surface area contributed by atoms with Gasteiger partial charge in [0.05, 0.1) is 6.04 Å². The lowest BCUT2D eigenvalue weighted by Crippen LogP contribution is -2.30. The third kappa shape index (κ3) is 3.70. The number of hydrogen-bond acceptors (Lipinski definition) is 5. The summed E-state index contributed by atoms with van der Waals surface area (Å²) in [5.41, 5.74) is 11.6. The molecule has 5 heteroatoms. The molecule has 1 aromatic carbocycles. The number of thioether (sulfide) groups is 1. The smallest absolute Gasteiger partial charge is 0.0589 e. The van der Waals surface area contributed by atoms with Crippen LogP contribution in [-0.2, 0) is 0 Å². The maximum absolute atomic E-state index is 5.94. The van der Waals surface area contributed by atoms with Gasteiger partial charge in [-0.3, -0.25) is 16.3 Å². The lowest BCUT2D eigenvalue weighted by atomic mass is 10.1. The van der Waals surface area contributed by atoms with Crippen LogP contribution in [0, 0.1) is 6.92 Å². The van der Waals surface area contributed by atoms with Crippen LogP contribution in [0.5, 0.6) is 0 Å². The molecule has 0 bridgehead atoms. The van der Waals surface area contributed by atoms with E-state index in [1.165, 1.54) is 10.5 Å². The van der Waals surface area contributed by atoms with Crippen LogP contribution in [0.15, 0.2) is 47.6 Å². The third-order valence-electron chi connectivity index (χ3n) is 2.90. The van der Waals surface area contributed by atoms with E-state index in [1.54, 1.807) is 30.2 Å².